The SMILES string of the molecule is CC(C)(CO)Cc1cc(C(F)(F)F)ccc1F. The summed E-state index contributed by atoms with van der Waals surface area (Å²) in [6, 6.07) is 2.32. The predicted octanol–water partition coefficient (Wildman–Crippen LogP) is 3.41. The molecule has 17 heavy (non-hydrogen) atoms. The second-order valence-electron chi connectivity index (χ2n) is 4.80. The van der Waals surface area contributed by atoms with Gasteiger partial charge in [-0.25, -0.2) is 4.39 Å². The van der Waals surface area contributed by atoms with Gasteiger partial charge in [-0.15, -0.1) is 0 Å². The molecule has 1 nitrogen and oxygen atoms in total. The van der Waals surface area contributed by atoms with Crippen molar-refractivity contribution >= 4 is 0 Å². The van der Waals surface area contributed by atoms with E-state index in [2.05, 4.69) is 0 Å². The van der Waals surface area contributed by atoms with Crippen LogP contribution >= 0.6 is 0 Å². The van der Waals surface area contributed by atoms with Crippen molar-refractivity contribution in [1.29, 1.82) is 0 Å². The Hall–Kier alpha value is -1.10. The van der Waals surface area contributed by atoms with Crippen LogP contribution in [-0.2, 0) is 12.6 Å². The summed E-state index contributed by atoms with van der Waals surface area (Å²) in [5, 5.41) is 9.03. The van der Waals surface area contributed by atoms with Crippen LogP contribution in [0.4, 0.5) is 17.6 Å². The molecule has 0 unspecified atom stereocenters. The van der Waals surface area contributed by atoms with Gasteiger partial charge in [-0.05, 0) is 35.6 Å². The van der Waals surface area contributed by atoms with Crippen LogP contribution in [0, 0.1) is 11.2 Å². The predicted molar refractivity (Wildman–Crippen MR) is 56.0 cm³/mol. The van der Waals surface area contributed by atoms with E-state index in [0.29, 0.717) is 6.07 Å². The molecule has 96 valence electrons. The standard InChI is InChI=1S/C12H14F4O/c1-11(2,7-17)6-8-5-9(12(14,15)16)3-4-10(8)13/h3-5,17H,6-7H2,1-2H3. The Labute approximate surface area is 97.1 Å². The minimum absolute atomic E-state index is 0.0288. The molecule has 0 heterocycles. The Morgan fingerprint density at radius 3 is 2.24 bits per heavy atom. The average molecular weight is 250 g/mol. The molecule has 0 aliphatic rings. The number of benzene rings is 1. The summed E-state index contributed by atoms with van der Waals surface area (Å²) in [7, 11) is 0. The molecular formula is C12H14F4O. The normalized spacial score (nSPS) is 12.9. The second kappa shape index (κ2) is 4.64. The van der Waals surface area contributed by atoms with Crippen molar-refractivity contribution in [3.05, 3.63) is 35.1 Å². The molecule has 5 heteroatoms. The molecular weight excluding hydrogens is 236 g/mol. The summed E-state index contributed by atoms with van der Waals surface area (Å²) in [6.07, 6.45) is -4.43. The molecule has 0 bridgehead atoms. The molecule has 1 N–H and O–H groups in total. The molecule has 1 rings (SSSR count). The summed E-state index contributed by atoms with van der Waals surface area (Å²) in [4.78, 5) is 0. The third kappa shape index (κ3) is 3.70. The summed E-state index contributed by atoms with van der Waals surface area (Å²) in [5.41, 5.74) is -1.55. The highest BCUT2D eigenvalue weighted by Gasteiger charge is 2.31. The highest BCUT2D eigenvalue weighted by molar-refractivity contribution is 5.28. The second-order valence-corrected chi connectivity index (χ2v) is 4.80. The van der Waals surface area contributed by atoms with Gasteiger partial charge in [0, 0.05) is 6.61 Å². The lowest BCUT2D eigenvalue weighted by molar-refractivity contribution is -0.137. The monoisotopic (exact) mass is 250 g/mol. The van der Waals surface area contributed by atoms with Crippen molar-refractivity contribution in [2.45, 2.75) is 26.4 Å². The van der Waals surface area contributed by atoms with Gasteiger partial charge in [0.15, 0.2) is 0 Å². The third-order valence-electron chi connectivity index (χ3n) is 2.47. The van der Waals surface area contributed by atoms with Crippen LogP contribution in [0.3, 0.4) is 0 Å². The van der Waals surface area contributed by atoms with Crippen LogP contribution in [0.25, 0.3) is 0 Å². The molecule has 0 aliphatic heterocycles. The highest BCUT2D eigenvalue weighted by Crippen LogP contribution is 2.32. The first-order valence-corrected chi connectivity index (χ1v) is 5.12. The molecule has 0 saturated carbocycles. The summed E-state index contributed by atoms with van der Waals surface area (Å²) < 4.78 is 50.7. The molecule has 0 fully saturated rings. The fourth-order valence-electron chi connectivity index (χ4n) is 1.46. The molecule has 0 spiro atoms. The van der Waals surface area contributed by atoms with E-state index in [1.807, 2.05) is 0 Å². The van der Waals surface area contributed by atoms with Crippen LogP contribution in [0.2, 0.25) is 0 Å². The van der Waals surface area contributed by atoms with Gasteiger partial charge in [-0.1, -0.05) is 13.8 Å². The zero-order valence-corrected chi connectivity index (χ0v) is 9.61. The van der Waals surface area contributed by atoms with Gasteiger partial charge >= 0.3 is 6.18 Å². The molecule has 0 radical (unpaired) electrons. The van der Waals surface area contributed by atoms with Gasteiger partial charge in [-0.2, -0.15) is 13.2 Å². The van der Waals surface area contributed by atoms with Gasteiger partial charge in [0.2, 0.25) is 0 Å². The van der Waals surface area contributed by atoms with Crippen LogP contribution in [0.15, 0.2) is 18.2 Å². The van der Waals surface area contributed by atoms with E-state index in [1.54, 1.807) is 13.8 Å². The lowest BCUT2D eigenvalue weighted by Crippen LogP contribution is -2.21. The highest BCUT2D eigenvalue weighted by atomic mass is 19.4. The van der Waals surface area contributed by atoms with Crippen molar-refractivity contribution in [2.75, 3.05) is 6.61 Å². The van der Waals surface area contributed by atoms with E-state index in [0.717, 1.165) is 12.1 Å². The zero-order valence-electron chi connectivity index (χ0n) is 9.61. The molecule has 0 amide bonds. The summed E-state index contributed by atoms with van der Waals surface area (Å²) in [6.45, 7) is 3.10. The van der Waals surface area contributed by atoms with Crippen molar-refractivity contribution in [1.82, 2.24) is 0 Å². The van der Waals surface area contributed by atoms with Crippen LogP contribution in [0.1, 0.15) is 25.0 Å². The van der Waals surface area contributed by atoms with Gasteiger partial charge in [0.1, 0.15) is 5.82 Å². The number of rotatable bonds is 3. The number of aliphatic hydroxyl groups is 1. The molecule has 0 aliphatic carbocycles. The minimum Gasteiger partial charge on any atom is -0.396 e. The van der Waals surface area contributed by atoms with E-state index in [-0.39, 0.29) is 18.6 Å². The Morgan fingerprint density at radius 1 is 1.18 bits per heavy atom. The van der Waals surface area contributed by atoms with Crippen molar-refractivity contribution < 1.29 is 22.7 Å². The van der Waals surface area contributed by atoms with Gasteiger partial charge in [0.05, 0.1) is 5.56 Å². The molecule has 0 saturated heterocycles. The Morgan fingerprint density at radius 2 is 1.76 bits per heavy atom. The Bertz CT molecular complexity index is 396. The average Bonchev–Trinajstić information content (AvgIpc) is 2.19. The number of halogens is 4. The first-order chi connectivity index (χ1) is 7.65. The maximum Gasteiger partial charge on any atom is 0.416 e. The number of hydrogen-bond donors (Lipinski definition) is 1. The molecule has 0 aromatic heterocycles. The van der Waals surface area contributed by atoms with Gasteiger partial charge < -0.3 is 5.11 Å². The van der Waals surface area contributed by atoms with Crippen LogP contribution in [-0.4, -0.2) is 11.7 Å². The topological polar surface area (TPSA) is 20.2 Å². The number of hydrogen-bond acceptors (Lipinski definition) is 1. The van der Waals surface area contributed by atoms with Crippen LogP contribution in [0.5, 0.6) is 0 Å². The van der Waals surface area contributed by atoms with Crippen LogP contribution < -0.4 is 0 Å². The summed E-state index contributed by atoms with van der Waals surface area (Å²) in [5.74, 6) is -0.681. The molecule has 1 aromatic carbocycles. The van der Waals surface area contributed by atoms with Gasteiger partial charge in [-0.3, -0.25) is 0 Å². The van der Waals surface area contributed by atoms with Crippen molar-refractivity contribution in [2.24, 2.45) is 5.41 Å². The minimum atomic E-state index is -4.48. The van der Waals surface area contributed by atoms with E-state index in [1.165, 1.54) is 0 Å². The van der Waals surface area contributed by atoms with Gasteiger partial charge in [0.25, 0.3) is 0 Å². The largest absolute Gasteiger partial charge is 0.416 e. The first kappa shape index (κ1) is 14.0. The van der Waals surface area contributed by atoms with E-state index < -0.39 is 23.0 Å². The quantitative estimate of drug-likeness (QED) is 0.815. The van der Waals surface area contributed by atoms with E-state index in [4.69, 9.17) is 5.11 Å². The molecule has 1 aromatic rings. The number of aliphatic hydroxyl groups excluding tert-OH is 1. The van der Waals surface area contributed by atoms with E-state index >= 15 is 0 Å². The van der Waals surface area contributed by atoms with E-state index in [9.17, 15) is 17.6 Å². The maximum atomic E-state index is 13.4. The lowest BCUT2D eigenvalue weighted by Gasteiger charge is -2.22. The Balaban J connectivity index is 3.08. The number of alkyl halides is 3. The fraction of sp³-hybridized carbons (Fsp3) is 0.500. The third-order valence-corrected chi connectivity index (χ3v) is 2.47. The first-order valence-electron chi connectivity index (χ1n) is 5.12. The zero-order chi connectivity index (χ0) is 13.3. The fourth-order valence-corrected chi connectivity index (χ4v) is 1.46. The molecule has 0 atom stereocenters. The smallest absolute Gasteiger partial charge is 0.396 e. The lowest BCUT2D eigenvalue weighted by atomic mass is 9.86. The van der Waals surface area contributed by atoms with Crippen molar-refractivity contribution in [3.8, 4) is 0 Å². The summed E-state index contributed by atoms with van der Waals surface area (Å²) >= 11 is 0. The Kier molecular flexibility index (Phi) is 3.81. The van der Waals surface area contributed by atoms with Crippen molar-refractivity contribution in [3.63, 3.8) is 0 Å². The maximum absolute atomic E-state index is 13.4.